The first-order valence-electron chi connectivity index (χ1n) is 9.79. The highest BCUT2D eigenvalue weighted by molar-refractivity contribution is 7.22. The van der Waals surface area contributed by atoms with E-state index in [1.807, 2.05) is 36.4 Å². The molecular formula is C22H27N3O3S. The first-order chi connectivity index (χ1) is 14.1. The highest BCUT2D eigenvalue weighted by Crippen LogP contribution is 2.28. The van der Waals surface area contributed by atoms with Gasteiger partial charge in [-0.1, -0.05) is 37.3 Å². The Kier molecular flexibility index (Phi) is 7.43. The van der Waals surface area contributed by atoms with Gasteiger partial charge in [0.2, 0.25) is 0 Å². The maximum atomic E-state index is 13.0. The number of carbonyl (C=O) groups excluding carboxylic acids is 1. The fourth-order valence-electron chi connectivity index (χ4n) is 2.98. The summed E-state index contributed by atoms with van der Waals surface area (Å²) in [6, 6.07) is 15.2. The smallest absolute Gasteiger partial charge is 0.266 e. The van der Waals surface area contributed by atoms with Gasteiger partial charge in [0.25, 0.3) is 5.91 Å². The molecule has 0 atom stereocenters. The zero-order valence-corrected chi connectivity index (χ0v) is 17.9. The van der Waals surface area contributed by atoms with E-state index in [1.54, 1.807) is 24.1 Å². The Balaban J connectivity index is 1.74. The molecule has 0 unspecified atom stereocenters. The Bertz CT molecular complexity index is 889. The van der Waals surface area contributed by atoms with E-state index >= 15 is 0 Å². The van der Waals surface area contributed by atoms with Gasteiger partial charge in [0.15, 0.2) is 11.7 Å². The van der Waals surface area contributed by atoms with Gasteiger partial charge in [0.05, 0.1) is 17.3 Å². The molecule has 0 bridgehead atoms. The lowest BCUT2D eigenvalue weighted by Crippen LogP contribution is -2.41. The predicted molar refractivity (Wildman–Crippen MR) is 118 cm³/mol. The van der Waals surface area contributed by atoms with E-state index in [4.69, 9.17) is 9.47 Å². The highest BCUT2D eigenvalue weighted by Gasteiger charge is 2.21. The van der Waals surface area contributed by atoms with Gasteiger partial charge in [-0.05, 0) is 49.5 Å². The molecule has 0 fully saturated rings. The van der Waals surface area contributed by atoms with Gasteiger partial charge in [-0.15, -0.1) is 0 Å². The van der Waals surface area contributed by atoms with E-state index in [0.29, 0.717) is 17.4 Å². The van der Waals surface area contributed by atoms with Gasteiger partial charge in [0.1, 0.15) is 11.5 Å². The minimum absolute atomic E-state index is 0.0412. The molecule has 0 aliphatic heterocycles. The summed E-state index contributed by atoms with van der Waals surface area (Å²) in [6.45, 7) is 7.46. The van der Waals surface area contributed by atoms with Crippen molar-refractivity contribution in [1.82, 2.24) is 9.88 Å². The van der Waals surface area contributed by atoms with Crippen molar-refractivity contribution in [2.24, 2.45) is 0 Å². The van der Waals surface area contributed by atoms with Crippen molar-refractivity contribution in [2.75, 3.05) is 44.8 Å². The number of likely N-dealkylation sites (N-methyl/N-ethyl adjacent to an activating group) is 1. The third-order valence-electron chi connectivity index (χ3n) is 4.77. The summed E-state index contributed by atoms with van der Waals surface area (Å²) in [5.41, 5.74) is 0.907. The largest absolute Gasteiger partial charge is 0.497 e. The first-order valence-corrected chi connectivity index (χ1v) is 10.6. The summed E-state index contributed by atoms with van der Waals surface area (Å²) in [6.07, 6.45) is 0. The Hall–Kier alpha value is -2.64. The lowest BCUT2D eigenvalue weighted by molar-refractivity contribution is -0.120. The highest BCUT2D eigenvalue weighted by atomic mass is 32.1. The summed E-state index contributed by atoms with van der Waals surface area (Å²) in [5.74, 6) is 1.28. The number of methoxy groups -OCH3 is 1. The molecule has 1 aromatic heterocycles. The molecule has 1 amide bonds. The second kappa shape index (κ2) is 10.2. The normalized spacial score (nSPS) is 11.0. The Morgan fingerprint density at radius 3 is 2.34 bits per heavy atom. The first kappa shape index (κ1) is 21.1. The third-order valence-corrected chi connectivity index (χ3v) is 5.83. The summed E-state index contributed by atoms with van der Waals surface area (Å²) < 4.78 is 11.9. The lowest BCUT2D eigenvalue weighted by Gasteiger charge is -2.24. The van der Waals surface area contributed by atoms with Crippen LogP contribution in [0.4, 0.5) is 5.13 Å². The molecule has 29 heavy (non-hydrogen) atoms. The number of para-hydroxylation sites is 1. The molecule has 2 aromatic carbocycles. The monoisotopic (exact) mass is 413 g/mol. The van der Waals surface area contributed by atoms with Crippen LogP contribution in [0, 0.1) is 0 Å². The van der Waals surface area contributed by atoms with E-state index in [1.165, 1.54) is 11.3 Å². The number of nitrogens with zero attached hydrogens (tertiary/aromatic N) is 3. The molecule has 0 saturated heterocycles. The topological polar surface area (TPSA) is 54.9 Å². The maximum Gasteiger partial charge on any atom is 0.266 e. The molecule has 1 heterocycles. The molecule has 6 nitrogen and oxygen atoms in total. The number of anilines is 1. The summed E-state index contributed by atoms with van der Waals surface area (Å²) in [5, 5.41) is 0.710. The molecule has 0 aliphatic carbocycles. The molecule has 0 saturated carbocycles. The molecular weight excluding hydrogens is 386 g/mol. The third kappa shape index (κ3) is 5.46. The Labute approximate surface area is 175 Å². The van der Waals surface area contributed by atoms with E-state index in [9.17, 15) is 4.79 Å². The van der Waals surface area contributed by atoms with Gasteiger partial charge in [-0.2, -0.15) is 0 Å². The molecule has 0 aliphatic rings. The van der Waals surface area contributed by atoms with E-state index < -0.39 is 0 Å². The van der Waals surface area contributed by atoms with Crippen LogP contribution in [-0.4, -0.2) is 55.7 Å². The average molecular weight is 414 g/mol. The number of carbonyl (C=O) groups is 1. The number of thiazole rings is 1. The number of amides is 1. The number of fused-ring (bicyclic) bond motifs is 1. The van der Waals surface area contributed by atoms with Crippen LogP contribution in [0.1, 0.15) is 13.8 Å². The van der Waals surface area contributed by atoms with Crippen molar-refractivity contribution < 1.29 is 14.3 Å². The fourth-order valence-corrected chi connectivity index (χ4v) is 3.99. The average Bonchev–Trinajstić information content (AvgIpc) is 3.19. The van der Waals surface area contributed by atoms with Crippen LogP contribution in [0.2, 0.25) is 0 Å². The summed E-state index contributed by atoms with van der Waals surface area (Å²) in [4.78, 5) is 21.7. The van der Waals surface area contributed by atoms with Gasteiger partial charge < -0.3 is 14.4 Å². The number of hydrogen-bond donors (Lipinski definition) is 0. The van der Waals surface area contributed by atoms with Crippen molar-refractivity contribution in [1.29, 1.82) is 0 Å². The molecule has 7 heteroatoms. The predicted octanol–water partition coefficient (Wildman–Crippen LogP) is 4.06. The van der Waals surface area contributed by atoms with Crippen molar-refractivity contribution in [3.8, 4) is 11.5 Å². The van der Waals surface area contributed by atoms with Crippen LogP contribution in [0.25, 0.3) is 10.2 Å². The minimum Gasteiger partial charge on any atom is -0.497 e. The second-order valence-electron chi connectivity index (χ2n) is 6.50. The zero-order chi connectivity index (χ0) is 20.6. The second-order valence-corrected chi connectivity index (χ2v) is 7.51. The van der Waals surface area contributed by atoms with Crippen LogP contribution in [0.15, 0.2) is 48.5 Å². The molecule has 154 valence electrons. The SMILES string of the molecule is CCN(CC)CCN(C(=O)COc1ccc(OC)cc1)c1nc2ccccc2s1. The molecule has 0 radical (unpaired) electrons. The number of hydrogen-bond acceptors (Lipinski definition) is 6. The Morgan fingerprint density at radius 1 is 1.00 bits per heavy atom. The number of rotatable bonds is 10. The molecule has 3 aromatic rings. The number of aromatic nitrogens is 1. The molecule has 0 spiro atoms. The Morgan fingerprint density at radius 2 is 1.69 bits per heavy atom. The zero-order valence-electron chi connectivity index (χ0n) is 17.1. The summed E-state index contributed by atoms with van der Waals surface area (Å²) >= 11 is 1.53. The molecule has 3 rings (SSSR count). The standard InChI is InChI=1S/C22H27N3O3S/c1-4-24(5-2)14-15-25(22-23-19-8-6-7-9-20(19)29-22)21(26)16-28-18-12-10-17(27-3)11-13-18/h6-13H,4-5,14-16H2,1-3H3. The van der Waals surface area contributed by atoms with Crippen LogP contribution in [0.5, 0.6) is 11.5 Å². The van der Waals surface area contributed by atoms with Crippen LogP contribution in [0.3, 0.4) is 0 Å². The van der Waals surface area contributed by atoms with E-state index in [-0.39, 0.29) is 12.5 Å². The molecule has 0 N–H and O–H groups in total. The van der Waals surface area contributed by atoms with Crippen molar-refractivity contribution >= 4 is 32.6 Å². The van der Waals surface area contributed by atoms with Crippen molar-refractivity contribution in [3.05, 3.63) is 48.5 Å². The van der Waals surface area contributed by atoms with Crippen molar-refractivity contribution in [2.45, 2.75) is 13.8 Å². The van der Waals surface area contributed by atoms with Gasteiger partial charge >= 0.3 is 0 Å². The lowest BCUT2D eigenvalue weighted by atomic mass is 10.3. The van der Waals surface area contributed by atoms with Gasteiger partial charge in [-0.3, -0.25) is 9.69 Å². The van der Waals surface area contributed by atoms with Crippen LogP contribution in [-0.2, 0) is 4.79 Å². The maximum absolute atomic E-state index is 13.0. The summed E-state index contributed by atoms with van der Waals surface area (Å²) in [7, 11) is 1.62. The minimum atomic E-state index is -0.105. The van der Waals surface area contributed by atoms with Crippen LogP contribution < -0.4 is 14.4 Å². The van der Waals surface area contributed by atoms with Crippen molar-refractivity contribution in [3.63, 3.8) is 0 Å². The fraction of sp³-hybridized carbons (Fsp3) is 0.364. The quantitative estimate of drug-likeness (QED) is 0.502. The van der Waals surface area contributed by atoms with Crippen LogP contribution >= 0.6 is 11.3 Å². The van der Waals surface area contributed by atoms with E-state index in [0.717, 1.165) is 35.6 Å². The van der Waals surface area contributed by atoms with Gasteiger partial charge in [-0.25, -0.2) is 4.98 Å². The van der Waals surface area contributed by atoms with Gasteiger partial charge in [0, 0.05) is 13.1 Å². The number of ether oxygens (including phenoxy) is 2. The number of benzene rings is 2. The van der Waals surface area contributed by atoms with E-state index in [2.05, 4.69) is 23.7 Å².